The normalized spacial score (nSPS) is 18.3. The summed E-state index contributed by atoms with van der Waals surface area (Å²) in [5.74, 6) is 2.32. The van der Waals surface area contributed by atoms with E-state index in [0.29, 0.717) is 6.04 Å². The van der Waals surface area contributed by atoms with Crippen molar-refractivity contribution in [3.63, 3.8) is 0 Å². The first-order valence-corrected chi connectivity index (χ1v) is 8.77. The second kappa shape index (κ2) is 6.25. The van der Waals surface area contributed by atoms with Crippen molar-refractivity contribution >= 4 is 11.8 Å². The zero-order chi connectivity index (χ0) is 14.7. The average Bonchev–Trinajstić information content (AvgIpc) is 2.54. The second-order valence-corrected chi connectivity index (χ2v) is 7.43. The van der Waals surface area contributed by atoms with Crippen LogP contribution in [-0.2, 0) is 11.2 Å². The Morgan fingerprint density at radius 1 is 1.05 bits per heavy atom. The van der Waals surface area contributed by atoms with Gasteiger partial charge in [0.25, 0.3) is 0 Å². The quantitative estimate of drug-likeness (QED) is 0.889. The Labute approximate surface area is 132 Å². The molecule has 2 heteroatoms. The predicted octanol–water partition coefficient (Wildman–Crippen LogP) is 4.54. The van der Waals surface area contributed by atoms with Crippen LogP contribution in [0, 0.1) is 0 Å². The molecule has 1 aliphatic heterocycles. The Balaban J connectivity index is 1.71. The molecule has 0 spiro atoms. The van der Waals surface area contributed by atoms with Gasteiger partial charge in [0.2, 0.25) is 0 Å². The lowest BCUT2D eigenvalue weighted by Gasteiger charge is -2.31. The van der Waals surface area contributed by atoms with Gasteiger partial charge in [-0.3, -0.25) is 0 Å². The summed E-state index contributed by atoms with van der Waals surface area (Å²) in [5, 5.41) is 3.80. The molecule has 1 N–H and O–H groups in total. The highest BCUT2D eigenvalue weighted by atomic mass is 32.2. The molecule has 2 aromatic carbocycles. The highest BCUT2D eigenvalue weighted by molar-refractivity contribution is 7.98. The van der Waals surface area contributed by atoms with Crippen molar-refractivity contribution in [2.75, 3.05) is 12.3 Å². The fourth-order valence-corrected chi connectivity index (χ4v) is 4.05. The van der Waals surface area contributed by atoms with E-state index in [1.807, 2.05) is 11.8 Å². The molecule has 0 fully saturated rings. The van der Waals surface area contributed by atoms with Gasteiger partial charge in [0, 0.05) is 29.5 Å². The van der Waals surface area contributed by atoms with E-state index in [1.54, 1.807) is 0 Å². The molecule has 3 rings (SSSR count). The molecule has 0 bridgehead atoms. The molecule has 1 aliphatic rings. The molecular weight excluding hydrogens is 274 g/mol. The summed E-state index contributed by atoms with van der Waals surface area (Å²) >= 11 is 2.03. The Kier molecular flexibility index (Phi) is 4.37. The van der Waals surface area contributed by atoms with Crippen LogP contribution >= 0.6 is 11.8 Å². The lowest BCUT2D eigenvalue weighted by Crippen LogP contribution is -2.37. The molecule has 0 aliphatic carbocycles. The number of rotatable bonds is 4. The van der Waals surface area contributed by atoms with Gasteiger partial charge >= 0.3 is 0 Å². The van der Waals surface area contributed by atoms with Crippen molar-refractivity contribution in [2.45, 2.75) is 31.1 Å². The molecule has 1 atom stereocenters. The van der Waals surface area contributed by atoms with Crippen LogP contribution in [0.2, 0.25) is 0 Å². The number of thioether (sulfide) groups is 1. The van der Waals surface area contributed by atoms with Crippen LogP contribution < -0.4 is 5.32 Å². The molecule has 0 amide bonds. The van der Waals surface area contributed by atoms with Crippen LogP contribution in [0.5, 0.6) is 0 Å². The van der Waals surface area contributed by atoms with Gasteiger partial charge in [-0.1, -0.05) is 68.4 Å². The number of nitrogens with one attached hydrogen (secondary N) is 1. The maximum Gasteiger partial charge on any atom is 0.0415 e. The van der Waals surface area contributed by atoms with Gasteiger partial charge in [-0.25, -0.2) is 0 Å². The molecule has 0 aromatic heterocycles. The van der Waals surface area contributed by atoms with E-state index >= 15 is 0 Å². The Hall–Kier alpha value is -1.25. The van der Waals surface area contributed by atoms with Gasteiger partial charge in [0.05, 0.1) is 0 Å². The first kappa shape index (κ1) is 14.7. The van der Waals surface area contributed by atoms with Gasteiger partial charge in [0.15, 0.2) is 0 Å². The summed E-state index contributed by atoms with van der Waals surface area (Å²) in [7, 11) is 0. The van der Waals surface area contributed by atoms with Gasteiger partial charge in [0.1, 0.15) is 0 Å². The van der Waals surface area contributed by atoms with Crippen LogP contribution in [0.25, 0.3) is 0 Å². The minimum Gasteiger partial charge on any atom is -0.308 e. The van der Waals surface area contributed by atoms with Crippen LogP contribution in [0.15, 0.2) is 54.6 Å². The topological polar surface area (TPSA) is 12.0 Å². The minimum atomic E-state index is 0.151. The van der Waals surface area contributed by atoms with Gasteiger partial charge < -0.3 is 5.32 Å². The van der Waals surface area contributed by atoms with E-state index in [9.17, 15) is 0 Å². The molecule has 21 heavy (non-hydrogen) atoms. The summed E-state index contributed by atoms with van der Waals surface area (Å²) in [5.41, 5.74) is 4.52. The largest absolute Gasteiger partial charge is 0.308 e. The maximum atomic E-state index is 3.80. The standard InChI is InChI=1S/C19H23NS/c1-19(2,16-9-4-3-5-10-16)14-20-18-13-21-12-15-8-6-7-11-17(15)18/h3-11,18,20H,12-14H2,1-2H3. The SMILES string of the molecule is CC(C)(CNC1CSCc2ccccc21)c1ccccc1. The zero-order valence-electron chi connectivity index (χ0n) is 12.8. The maximum absolute atomic E-state index is 3.80. The fourth-order valence-electron chi connectivity index (χ4n) is 2.92. The summed E-state index contributed by atoms with van der Waals surface area (Å²) in [6.45, 7) is 5.63. The lowest BCUT2D eigenvalue weighted by atomic mass is 9.84. The minimum absolute atomic E-state index is 0.151. The number of hydrogen-bond acceptors (Lipinski definition) is 2. The van der Waals surface area contributed by atoms with Crippen LogP contribution in [0.3, 0.4) is 0 Å². The first-order valence-electron chi connectivity index (χ1n) is 7.61. The predicted molar refractivity (Wildman–Crippen MR) is 92.8 cm³/mol. The summed E-state index contributed by atoms with van der Waals surface area (Å²) < 4.78 is 0. The van der Waals surface area contributed by atoms with E-state index < -0.39 is 0 Å². The van der Waals surface area contributed by atoms with Gasteiger partial charge in [-0.15, -0.1) is 0 Å². The highest BCUT2D eigenvalue weighted by Gasteiger charge is 2.24. The third-order valence-electron chi connectivity index (χ3n) is 4.32. The molecule has 1 nitrogen and oxygen atoms in total. The first-order chi connectivity index (χ1) is 10.2. The Morgan fingerprint density at radius 3 is 2.57 bits per heavy atom. The number of fused-ring (bicyclic) bond motifs is 1. The molecule has 0 radical (unpaired) electrons. The van der Waals surface area contributed by atoms with Crippen LogP contribution in [0.1, 0.15) is 36.6 Å². The Morgan fingerprint density at radius 2 is 1.76 bits per heavy atom. The van der Waals surface area contributed by atoms with Crippen molar-refractivity contribution in [2.24, 2.45) is 0 Å². The van der Waals surface area contributed by atoms with Crippen molar-refractivity contribution in [1.29, 1.82) is 0 Å². The van der Waals surface area contributed by atoms with E-state index in [1.165, 1.54) is 22.4 Å². The molecule has 1 heterocycles. The molecular formula is C19H23NS. The third kappa shape index (κ3) is 3.33. The zero-order valence-corrected chi connectivity index (χ0v) is 13.6. The molecule has 0 saturated carbocycles. The van der Waals surface area contributed by atoms with E-state index in [4.69, 9.17) is 0 Å². The molecule has 110 valence electrons. The van der Waals surface area contributed by atoms with Crippen molar-refractivity contribution < 1.29 is 0 Å². The van der Waals surface area contributed by atoms with Crippen molar-refractivity contribution in [1.82, 2.24) is 5.32 Å². The lowest BCUT2D eigenvalue weighted by molar-refractivity contribution is 0.436. The van der Waals surface area contributed by atoms with Gasteiger partial charge in [-0.2, -0.15) is 11.8 Å². The number of hydrogen-bond donors (Lipinski definition) is 1. The molecule has 0 saturated heterocycles. The van der Waals surface area contributed by atoms with Gasteiger partial charge in [-0.05, 0) is 16.7 Å². The van der Waals surface area contributed by atoms with Crippen LogP contribution in [-0.4, -0.2) is 12.3 Å². The van der Waals surface area contributed by atoms with Crippen molar-refractivity contribution in [3.05, 3.63) is 71.3 Å². The summed E-state index contributed by atoms with van der Waals surface area (Å²) in [6.07, 6.45) is 0. The molecule has 1 unspecified atom stereocenters. The second-order valence-electron chi connectivity index (χ2n) is 6.40. The highest BCUT2D eigenvalue weighted by Crippen LogP contribution is 2.32. The summed E-state index contributed by atoms with van der Waals surface area (Å²) in [4.78, 5) is 0. The third-order valence-corrected chi connectivity index (χ3v) is 5.40. The molecule has 2 aromatic rings. The Bertz CT molecular complexity index is 592. The average molecular weight is 297 g/mol. The fraction of sp³-hybridized carbons (Fsp3) is 0.368. The smallest absolute Gasteiger partial charge is 0.0415 e. The summed E-state index contributed by atoms with van der Waals surface area (Å²) in [6, 6.07) is 20.1. The van der Waals surface area contributed by atoms with E-state index in [0.717, 1.165) is 12.3 Å². The van der Waals surface area contributed by atoms with Crippen LogP contribution in [0.4, 0.5) is 0 Å². The van der Waals surface area contributed by atoms with E-state index in [-0.39, 0.29) is 5.41 Å². The number of benzene rings is 2. The van der Waals surface area contributed by atoms with E-state index in [2.05, 4.69) is 73.8 Å². The monoisotopic (exact) mass is 297 g/mol. The van der Waals surface area contributed by atoms with Crippen molar-refractivity contribution in [3.8, 4) is 0 Å².